The molecule has 154 valence electrons. The summed E-state index contributed by atoms with van der Waals surface area (Å²) in [6.45, 7) is 9.57. The number of benzene rings is 1. The van der Waals surface area contributed by atoms with Crippen molar-refractivity contribution in [3.8, 4) is 5.75 Å². The van der Waals surface area contributed by atoms with Crippen LogP contribution in [-0.2, 0) is 16.0 Å². The molecule has 1 atom stereocenters. The maximum absolute atomic E-state index is 13.2. The van der Waals surface area contributed by atoms with E-state index in [0.717, 1.165) is 18.7 Å². The first-order chi connectivity index (χ1) is 13.2. The number of piperidine rings is 1. The van der Waals surface area contributed by atoms with Crippen LogP contribution in [0.1, 0.15) is 57.7 Å². The van der Waals surface area contributed by atoms with Crippen LogP contribution in [-0.4, -0.2) is 54.1 Å². The van der Waals surface area contributed by atoms with Gasteiger partial charge in [0.15, 0.2) is 0 Å². The molecule has 2 aliphatic rings. The third kappa shape index (κ3) is 4.42. The van der Waals surface area contributed by atoms with Gasteiger partial charge in [0.05, 0.1) is 13.2 Å². The van der Waals surface area contributed by atoms with Crippen molar-refractivity contribution in [2.75, 3.05) is 26.7 Å². The lowest BCUT2D eigenvalue weighted by atomic mass is 9.89. The lowest BCUT2D eigenvalue weighted by molar-refractivity contribution is -0.139. The molecule has 3 rings (SSSR count). The molecular formula is C22H32N2O4. The number of likely N-dealkylation sites (tertiary alicyclic amines) is 1. The fourth-order valence-corrected chi connectivity index (χ4v) is 4.09. The Hall–Kier alpha value is -2.24. The van der Waals surface area contributed by atoms with Gasteiger partial charge in [-0.05, 0) is 70.2 Å². The number of amides is 2. The minimum atomic E-state index is -0.499. The third-order valence-corrected chi connectivity index (χ3v) is 5.67. The van der Waals surface area contributed by atoms with Crippen LogP contribution in [0.3, 0.4) is 0 Å². The van der Waals surface area contributed by atoms with E-state index in [2.05, 4.69) is 13.0 Å². The van der Waals surface area contributed by atoms with Gasteiger partial charge in [0.25, 0.3) is 0 Å². The third-order valence-electron chi connectivity index (χ3n) is 5.67. The molecule has 0 aliphatic carbocycles. The highest BCUT2D eigenvalue weighted by Gasteiger charge is 2.35. The summed E-state index contributed by atoms with van der Waals surface area (Å²) >= 11 is 0. The fourth-order valence-electron chi connectivity index (χ4n) is 4.09. The standard InChI is InChI=1S/C22H32N2O4/c1-15-19-14-18(27-5)7-6-16(19)10-13-24(15)20(25)17-8-11-23(12-9-17)21(26)28-22(2,3)4/h6-7,14-15,17H,8-13H2,1-5H3. The Morgan fingerprint density at radius 3 is 2.39 bits per heavy atom. The zero-order valence-electron chi connectivity index (χ0n) is 17.7. The highest BCUT2D eigenvalue weighted by atomic mass is 16.6. The van der Waals surface area contributed by atoms with E-state index in [1.54, 1.807) is 12.0 Å². The Morgan fingerprint density at radius 2 is 1.79 bits per heavy atom. The molecule has 0 saturated carbocycles. The first-order valence-corrected chi connectivity index (χ1v) is 10.1. The summed E-state index contributed by atoms with van der Waals surface area (Å²) in [6.07, 6.45) is 1.95. The van der Waals surface area contributed by atoms with Gasteiger partial charge in [-0.15, -0.1) is 0 Å². The van der Waals surface area contributed by atoms with Gasteiger partial charge >= 0.3 is 6.09 Å². The van der Waals surface area contributed by atoms with Crippen molar-refractivity contribution >= 4 is 12.0 Å². The summed E-state index contributed by atoms with van der Waals surface area (Å²) in [5.74, 6) is 0.990. The van der Waals surface area contributed by atoms with Gasteiger partial charge in [-0.3, -0.25) is 4.79 Å². The van der Waals surface area contributed by atoms with Crippen molar-refractivity contribution in [3.05, 3.63) is 29.3 Å². The minimum Gasteiger partial charge on any atom is -0.497 e. The lowest BCUT2D eigenvalue weighted by Crippen LogP contribution is -2.47. The van der Waals surface area contributed by atoms with Crippen molar-refractivity contribution in [2.24, 2.45) is 5.92 Å². The molecule has 2 aliphatic heterocycles. The van der Waals surface area contributed by atoms with Crippen LogP contribution in [0.5, 0.6) is 5.75 Å². The van der Waals surface area contributed by atoms with E-state index in [1.165, 1.54) is 11.1 Å². The van der Waals surface area contributed by atoms with Crippen LogP contribution in [0.4, 0.5) is 4.79 Å². The van der Waals surface area contributed by atoms with Crippen molar-refractivity contribution < 1.29 is 19.1 Å². The SMILES string of the molecule is COc1ccc2c(c1)C(C)N(C(=O)C1CCN(C(=O)OC(C)(C)C)CC1)CC2. The molecular weight excluding hydrogens is 356 g/mol. The molecule has 0 spiro atoms. The molecule has 0 aromatic heterocycles. The Labute approximate surface area is 167 Å². The number of fused-ring (bicyclic) bond motifs is 1. The van der Waals surface area contributed by atoms with E-state index < -0.39 is 5.60 Å². The van der Waals surface area contributed by atoms with Gasteiger partial charge in [0.2, 0.25) is 5.91 Å². The van der Waals surface area contributed by atoms with Crippen LogP contribution in [0, 0.1) is 5.92 Å². The monoisotopic (exact) mass is 388 g/mol. The summed E-state index contributed by atoms with van der Waals surface area (Å²) < 4.78 is 10.8. The summed E-state index contributed by atoms with van der Waals surface area (Å²) in [6, 6.07) is 6.17. The maximum Gasteiger partial charge on any atom is 0.410 e. The molecule has 28 heavy (non-hydrogen) atoms. The van der Waals surface area contributed by atoms with Gasteiger partial charge in [0.1, 0.15) is 11.4 Å². The number of carbonyl (C=O) groups is 2. The number of methoxy groups -OCH3 is 1. The Morgan fingerprint density at radius 1 is 1.11 bits per heavy atom. The largest absolute Gasteiger partial charge is 0.497 e. The zero-order valence-corrected chi connectivity index (χ0v) is 17.7. The average molecular weight is 389 g/mol. The number of hydrogen-bond acceptors (Lipinski definition) is 4. The molecule has 1 saturated heterocycles. The molecule has 0 N–H and O–H groups in total. The van der Waals surface area contributed by atoms with Crippen LogP contribution in [0.2, 0.25) is 0 Å². The molecule has 0 bridgehead atoms. The maximum atomic E-state index is 13.2. The van der Waals surface area contributed by atoms with E-state index >= 15 is 0 Å². The normalized spacial score (nSPS) is 20.5. The number of rotatable bonds is 2. The molecule has 2 heterocycles. The predicted octanol–water partition coefficient (Wildman–Crippen LogP) is 3.79. The molecule has 1 unspecified atom stereocenters. The summed E-state index contributed by atoms with van der Waals surface area (Å²) in [7, 11) is 1.66. The molecule has 6 heteroatoms. The fraction of sp³-hybridized carbons (Fsp3) is 0.636. The van der Waals surface area contributed by atoms with Crippen LogP contribution in [0.15, 0.2) is 18.2 Å². The van der Waals surface area contributed by atoms with Crippen molar-refractivity contribution in [3.63, 3.8) is 0 Å². The van der Waals surface area contributed by atoms with Gasteiger partial charge in [0, 0.05) is 25.6 Å². The number of ether oxygens (including phenoxy) is 2. The highest BCUT2D eigenvalue weighted by Crippen LogP contribution is 2.34. The summed E-state index contributed by atoms with van der Waals surface area (Å²) in [5.41, 5.74) is 1.96. The second-order valence-electron chi connectivity index (χ2n) is 8.76. The summed E-state index contributed by atoms with van der Waals surface area (Å²) in [5, 5.41) is 0. The van der Waals surface area contributed by atoms with Gasteiger partial charge in [-0.1, -0.05) is 6.07 Å². The van der Waals surface area contributed by atoms with Crippen LogP contribution in [0.25, 0.3) is 0 Å². The van der Waals surface area contributed by atoms with E-state index in [4.69, 9.17) is 9.47 Å². The Balaban J connectivity index is 1.62. The topological polar surface area (TPSA) is 59.1 Å². The van der Waals surface area contributed by atoms with E-state index in [9.17, 15) is 9.59 Å². The first-order valence-electron chi connectivity index (χ1n) is 10.1. The molecule has 1 fully saturated rings. The van der Waals surface area contributed by atoms with Crippen LogP contribution >= 0.6 is 0 Å². The molecule has 0 radical (unpaired) electrons. The van der Waals surface area contributed by atoms with E-state index in [-0.39, 0.29) is 24.0 Å². The molecule has 6 nitrogen and oxygen atoms in total. The zero-order chi connectivity index (χ0) is 20.5. The minimum absolute atomic E-state index is 0.0340. The first kappa shape index (κ1) is 20.5. The quantitative estimate of drug-likeness (QED) is 0.773. The van der Waals surface area contributed by atoms with E-state index in [0.29, 0.717) is 25.9 Å². The number of carbonyl (C=O) groups excluding carboxylic acids is 2. The molecule has 2 amide bonds. The smallest absolute Gasteiger partial charge is 0.410 e. The number of nitrogens with zero attached hydrogens (tertiary/aromatic N) is 2. The van der Waals surface area contributed by atoms with Crippen molar-refractivity contribution in [2.45, 2.75) is 58.6 Å². The van der Waals surface area contributed by atoms with Gasteiger partial charge < -0.3 is 19.3 Å². The van der Waals surface area contributed by atoms with Crippen molar-refractivity contribution in [1.29, 1.82) is 0 Å². The number of hydrogen-bond donors (Lipinski definition) is 0. The highest BCUT2D eigenvalue weighted by molar-refractivity contribution is 5.80. The predicted molar refractivity (Wildman–Crippen MR) is 107 cm³/mol. The second-order valence-corrected chi connectivity index (χ2v) is 8.76. The van der Waals surface area contributed by atoms with Gasteiger partial charge in [-0.25, -0.2) is 4.79 Å². The Kier molecular flexibility index (Phi) is 5.87. The van der Waals surface area contributed by atoms with E-state index in [1.807, 2.05) is 37.8 Å². The molecule has 1 aromatic carbocycles. The average Bonchev–Trinajstić information content (AvgIpc) is 2.66. The second kappa shape index (κ2) is 8.02. The van der Waals surface area contributed by atoms with Gasteiger partial charge in [-0.2, -0.15) is 0 Å². The lowest BCUT2D eigenvalue weighted by Gasteiger charge is -2.39. The Bertz CT molecular complexity index is 733. The molecule has 1 aromatic rings. The van der Waals surface area contributed by atoms with Crippen molar-refractivity contribution in [1.82, 2.24) is 9.80 Å². The van der Waals surface area contributed by atoms with Crippen LogP contribution < -0.4 is 4.74 Å². The summed E-state index contributed by atoms with van der Waals surface area (Å²) in [4.78, 5) is 29.1.